The van der Waals surface area contributed by atoms with Crippen molar-refractivity contribution < 1.29 is 8.83 Å². The molecule has 30 heavy (non-hydrogen) atoms. The zero-order valence-electron chi connectivity index (χ0n) is 17.1. The molecule has 8 heteroatoms. The van der Waals surface area contributed by atoms with Crippen LogP contribution in [0.4, 0.5) is 0 Å². The highest BCUT2D eigenvalue weighted by atomic mass is 32.2. The SMILES string of the molecule is Cc1cccc(-c2nnc(C(C)Sc3nnc(-c4cc5c(s4)CCC(C)C5)o3)o2)c1. The Labute approximate surface area is 183 Å². The maximum atomic E-state index is 5.93. The highest BCUT2D eigenvalue weighted by molar-refractivity contribution is 7.99. The van der Waals surface area contributed by atoms with Crippen LogP contribution in [-0.2, 0) is 12.8 Å². The maximum Gasteiger partial charge on any atom is 0.277 e. The normalized spacial score (nSPS) is 17.1. The Balaban J connectivity index is 1.30. The molecule has 5 rings (SSSR count). The van der Waals surface area contributed by atoms with E-state index in [0.29, 0.717) is 22.9 Å². The molecule has 0 amide bonds. The van der Waals surface area contributed by atoms with Crippen LogP contribution in [0.15, 0.2) is 44.4 Å². The van der Waals surface area contributed by atoms with Crippen molar-refractivity contribution in [1.82, 2.24) is 20.4 Å². The summed E-state index contributed by atoms with van der Waals surface area (Å²) in [5.74, 6) is 2.39. The van der Waals surface area contributed by atoms with E-state index < -0.39 is 0 Å². The van der Waals surface area contributed by atoms with E-state index in [1.165, 1.54) is 28.6 Å². The Kier molecular flexibility index (Phi) is 5.20. The Hall–Kier alpha value is -2.45. The summed E-state index contributed by atoms with van der Waals surface area (Å²) >= 11 is 3.20. The van der Waals surface area contributed by atoms with Gasteiger partial charge in [0.2, 0.25) is 11.8 Å². The lowest BCUT2D eigenvalue weighted by Crippen LogP contribution is -2.07. The van der Waals surface area contributed by atoms with Gasteiger partial charge in [-0.1, -0.05) is 36.4 Å². The van der Waals surface area contributed by atoms with E-state index >= 15 is 0 Å². The summed E-state index contributed by atoms with van der Waals surface area (Å²) < 4.78 is 11.8. The minimum absolute atomic E-state index is 0.0956. The minimum atomic E-state index is -0.0956. The fourth-order valence-electron chi connectivity index (χ4n) is 3.66. The van der Waals surface area contributed by atoms with Crippen molar-refractivity contribution in [2.45, 2.75) is 50.5 Å². The molecule has 4 aromatic rings. The van der Waals surface area contributed by atoms with Gasteiger partial charge in [-0.25, -0.2) is 0 Å². The first kappa shape index (κ1) is 19.5. The van der Waals surface area contributed by atoms with Crippen molar-refractivity contribution in [2.75, 3.05) is 0 Å². The summed E-state index contributed by atoms with van der Waals surface area (Å²) in [5, 5.41) is 17.3. The van der Waals surface area contributed by atoms with E-state index in [-0.39, 0.29) is 5.25 Å². The van der Waals surface area contributed by atoms with Gasteiger partial charge in [-0.3, -0.25) is 0 Å². The standard InChI is InChI=1S/C22H22N4O2S2/c1-12-5-4-6-15(9-12)20-24-23-19(27-20)14(3)29-22-26-25-21(28-22)18-11-16-10-13(2)7-8-17(16)30-18/h4-6,9,11,13-14H,7-8,10H2,1-3H3. The number of fused-ring (bicyclic) bond motifs is 1. The molecule has 2 unspecified atom stereocenters. The summed E-state index contributed by atoms with van der Waals surface area (Å²) in [6, 6.07) is 10.2. The van der Waals surface area contributed by atoms with Gasteiger partial charge in [0.25, 0.3) is 11.1 Å². The van der Waals surface area contributed by atoms with Crippen molar-refractivity contribution in [3.63, 3.8) is 0 Å². The zero-order chi connectivity index (χ0) is 20.7. The zero-order valence-corrected chi connectivity index (χ0v) is 18.7. The second-order valence-corrected chi connectivity index (χ2v) is 10.3. The van der Waals surface area contributed by atoms with E-state index in [1.54, 1.807) is 11.3 Å². The van der Waals surface area contributed by atoms with Gasteiger partial charge >= 0.3 is 0 Å². The van der Waals surface area contributed by atoms with Crippen LogP contribution in [0.3, 0.4) is 0 Å². The molecular weight excluding hydrogens is 416 g/mol. The van der Waals surface area contributed by atoms with Crippen LogP contribution < -0.4 is 0 Å². The molecule has 1 aliphatic rings. The summed E-state index contributed by atoms with van der Waals surface area (Å²) in [6.07, 6.45) is 3.54. The molecule has 0 aliphatic heterocycles. The van der Waals surface area contributed by atoms with Crippen LogP contribution in [-0.4, -0.2) is 20.4 Å². The van der Waals surface area contributed by atoms with Crippen molar-refractivity contribution in [3.8, 4) is 22.2 Å². The van der Waals surface area contributed by atoms with E-state index in [0.717, 1.165) is 34.8 Å². The lowest BCUT2D eigenvalue weighted by Gasteiger charge is -2.16. The predicted molar refractivity (Wildman–Crippen MR) is 118 cm³/mol. The average Bonchev–Trinajstić information content (AvgIpc) is 3.46. The number of thioether (sulfide) groups is 1. The van der Waals surface area contributed by atoms with Crippen LogP contribution in [0.5, 0.6) is 0 Å². The van der Waals surface area contributed by atoms with Crippen LogP contribution in [0, 0.1) is 12.8 Å². The third-order valence-electron chi connectivity index (χ3n) is 5.28. The number of rotatable bonds is 5. The van der Waals surface area contributed by atoms with E-state index in [2.05, 4.69) is 33.4 Å². The van der Waals surface area contributed by atoms with Crippen LogP contribution in [0.25, 0.3) is 22.2 Å². The van der Waals surface area contributed by atoms with E-state index in [9.17, 15) is 0 Å². The van der Waals surface area contributed by atoms with Gasteiger partial charge in [0, 0.05) is 10.4 Å². The molecule has 3 aromatic heterocycles. The first-order chi connectivity index (χ1) is 14.5. The average molecular weight is 439 g/mol. The molecule has 3 heterocycles. The third-order valence-corrected chi connectivity index (χ3v) is 7.42. The second kappa shape index (κ2) is 8.00. The van der Waals surface area contributed by atoms with Crippen molar-refractivity contribution >= 4 is 23.1 Å². The lowest BCUT2D eigenvalue weighted by molar-refractivity contribution is 0.462. The molecule has 0 radical (unpaired) electrons. The number of benzene rings is 1. The minimum Gasteiger partial charge on any atom is -0.419 e. The molecule has 0 saturated heterocycles. The number of hydrogen-bond acceptors (Lipinski definition) is 8. The molecule has 154 valence electrons. The Bertz CT molecular complexity index is 1180. The fourth-order valence-corrected chi connectivity index (χ4v) is 5.51. The number of thiophene rings is 1. The predicted octanol–water partition coefficient (Wildman–Crippen LogP) is 6.13. The van der Waals surface area contributed by atoms with Gasteiger partial charge in [0.15, 0.2) is 0 Å². The number of hydrogen-bond donors (Lipinski definition) is 0. The highest BCUT2D eigenvalue weighted by Crippen LogP contribution is 2.39. The maximum absolute atomic E-state index is 5.93. The smallest absolute Gasteiger partial charge is 0.277 e. The summed E-state index contributed by atoms with van der Waals surface area (Å²) in [7, 11) is 0. The van der Waals surface area contributed by atoms with Gasteiger partial charge in [-0.05, 0) is 62.8 Å². The summed E-state index contributed by atoms with van der Waals surface area (Å²) in [4.78, 5) is 2.51. The largest absolute Gasteiger partial charge is 0.419 e. The number of aromatic nitrogens is 4. The lowest BCUT2D eigenvalue weighted by atomic mass is 9.90. The van der Waals surface area contributed by atoms with Crippen LogP contribution >= 0.6 is 23.1 Å². The molecule has 0 N–H and O–H groups in total. The monoisotopic (exact) mass is 438 g/mol. The molecule has 1 aliphatic carbocycles. The van der Waals surface area contributed by atoms with Gasteiger partial charge in [0.05, 0.1) is 10.1 Å². The van der Waals surface area contributed by atoms with Gasteiger partial charge < -0.3 is 8.83 Å². The van der Waals surface area contributed by atoms with Crippen molar-refractivity contribution in [1.29, 1.82) is 0 Å². The van der Waals surface area contributed by atoms with Crippen LogP contribution in [0.1, 0.15) is 47.4 Å². The summed E-state index contributed by atoms with van der Waals surface area (Å²) in [5.41, 5.74) is 3.50. The molecular formula is C22H22N4O2S2. The molecule has 0 spiro atoms. The fraction of sp³-hybridized carbons (Fsp3) is 0.364. The molecule has 0 fully saturated rings. The Morgan fingerprint density at radius 3 is 2.83 bits per heavy atom. The summed E-state index contributed by atoms with van der Waals surface area (Å²) in [6.45, 7) is 6.34. The molecule has 2 atom stereocenters. The van der Waals surface area contributed by atoms with E-state index in [1.807, 2.05) is 38.1 Å². The molecule has 1 aromatic carbocycles. The molecule has 0 saturated carbocycles. The number of aryl methyl sites for hydroxylation is 2. The quantitative estimate of drug-likeness (QED) is 0.347. The van der Waals surface area contributed by atoms with Crippen LogP contribution in [0.2, 0.25) is 0 Å². The van der Waals surface area contributed by atoms with Gasteiger partial charge in [-0.15, -0.1) is 31.7 Å². The molecule has 6 nitrogen and oxygen atoms in total. The van der Waals surface area contributed by atoms with Crippen molar-refractivity contribution in [3.05, 3.63) is 52.2 Å². The Morgan fingerprint density at radius 2 is 1.97 bits per heavy atom. The van der Waals surface area contributed by atoms with Gasteiger partial charge in [-0.2, -0.15) is 0 Å². The second-order valence-electron chi connectivity index (χ2n) is 7.86. The number of nitrogens with zero attached hydrogens (tertiary/aromatic N) is 4. The third kappa shape index (κ3) is 3.94. The van der Waals surface area contributed by atoms with Crippen molar-refractivity contribution in [2.24, 2.45) is 5.92 Å². The highest BCUT2D eigenvalue weighted by Gasteiger charge is 2.23. The first-order valence-corrected chi connectivity index (χ1v) is 11.8. The first-order valence-electron chi connectivity index (χ1n) is 10.1. The Morgan fingerprint density at radius 1 is 1.10 bits per heavy atom. The molecule has 0 bridgehead atoms. The van der Waals surface area contributed by atoms with E-state index in [4.69, 9.17) is 8.83 Å². The topological polar surface area (TPSA) is 77.8 Å². The van der Waals surface area contributed by atoms with Gasteiger partial charge in [0.1, 0.15) is 0 Å².